The van der Waals surface area contributed by atoms with E-state index in [4.69, 9.17) is 27.9 Å². The van der Waals surface area contributed by atoms with Crippen molar-refractivity contribution >= 4 is 23.2 Å². The molecule has 0 atom stereocenters. The lowest BCUT2D eigenvalue weighted by Crippen LogP contribution is -2.05. The van der Waals surface area contributed by atoms with E-state index in [-0.39, 0.29) is 12.0 Å². The molecular weight excluding hydrogens is 307 g/mol. The minimum Gasteiger partial charge on any atom is -0.491 e. The Balaban J connectivity index is 2.43. The fraction of sp³-hybridized carbons (Fsp3) is 0.375. The van der Waals surface area contributed by atoms with Crippen molar-refractivity contribution in [2.75, 3.05) is 0 Å². The average Bonchev–Trinajstić information content (AvgIpc) is 2.36. The summed E-state index contributed by atoms with van der Waals surface area (Å²) < 4.78 is 5.68. The lowest BCUT2D eigenvalue weighted by atomic mass is 10.1. The molecule has 1 heterocycles. The summed E-state index contributed by atoms with van der Waals surface area (Å²) in [6.07, 6.45) is 0.108. The molecule has 0 aliphatic heterocycles. The van der Waals surface area contributed by atoms with Crippen molar-refractivity contribution in [3.05, 3.63) is 40.1 Å². The number of hydrogen-bond acceptors (Lipinski definition) is 3. The Bertz CT molecular complexity index is 619. The van der Waals surface area contributed by atoms with Crippen LogP contribution in [0.15, 0.2) is 24.3 Å². The van der Waals surface area contributed by atoms with Crippen LogP contribution < -0.4 is 4.74 Å². The summed E-state index contributed by atoms with van der Waals surface area (Å²) in [5.41, 5.74) is 1.60. The first-order valence-corrected chi connectivity index (χ1v) is 7.64. The van der Waals surface area contributed by atoms with Gasteiger partial charge in [0.05, 0.1) is 6.10 Å². The molecule has 5 heteroatoms. The van der Waals surface area contributed by atoms with Crippen molar-refractivity contribution < 1.29 is 4.74 Å². The normalized spacial score (nSPS) is 11.2. The van der Waals surface area contributed by atoms with Crippen LogP contribution in [0.1, 0.15) is 39.2 Å². The van der Waals surface area contributed by atoms with Crippen molar-refractivity contribution in [3.8, 4) is 17.1 Å². The summed E-state index contributed by atoms with van der Waals surface area (Å²) in [5, 5.41) is 0.797. The van der Waals surface area contributed by atoms with E-state index in [0.717, 1.165) is 16.9 Å². The third-order valence-electron chi connectivity index (χ3n) is 2.89. The van der Waals surface area contributed by atoms with E-state index in [1.807, 2.05) is 52.0 Å². The van der Waals surface area contributed by atoms with Crippen LogP contribution in [0.4, 0.5) is 0 Å². The minimum absolute atomic E-state index is 0.108. The van der Waals surface area contributed by atoms with Crippen LogP contribution in [0.25, 0.3) is 11.4 Å². The Morgan fingerprint density at radius 1 is 1.00 bits per heavy atom. The molecule has 1 aromatic carbocycles. The van der Waals surface area contributed by atoms with Crippen molar-refractivity contribution in [1.29, 1.82) is 0 Å². The fourth-order valence-electron chi connectivity index (χ4n) is 2.00. The Morgan fingerprint density at radius 3 is 2.14 bits per heavy atom. The highest BCUT2D eigenvalue weighted by atomic mass is 35.5. The van der Waals surface area contributed by atoms with E-state index < -0.39 is 0 Å². The summed E-state index contributed by atoms with van der Waals surface area (Å²) in [7, 11) is 0. The van der Waals surface area contributed by atoms with E-state index in [2.05, 4.69) is 9.97 Å². The highest BCUT2D eigenvalue weighted by Crippen LogP contribution is 2.31. The molecule has 112 valence electrons. The zero-order valence-electron chi connectivity index (χ0n) is 12.5. The third kappa shape index (κ3) is 3.86. The van der Waals surface area contributed by atoms with E-state index in [0.29, 0.717) is 16.1 Å². The fourth-order valence-corrected chi connectivity index (χ4v) is 2.83. The van der Waals surface area contributed by atoms with Crippen molar-refractivity contribution in [3.63, 3.8) is 0 Å². The molecule has 3 nitrogen and oxygen atoms in total. The molecule has 0 saturated heterocycles. The van der Waals surface area contributed by atoms with Crippen LogP contribution >= 0.6 is 23.2 Å². The third-order valence-corrected chi connectivity index (χ3v) is 3.47. The monoisotopic (exact) mass is 324 g/mol. The first-order valence-electron chi connectivity index (χ1n) is 6.88. The molecule has 0 bridgehead atoms. The molecule has 0 aliphatic carbocycles. The molecule has 0 spiro atoms. The molecule has 0 saturated carbocycles. The molecule has 0 unspecified atom stereocenters. The van der Waals surface area contributed by atoms with Gasteiger partial charge in [0.2, 0.25) is 0 Å². The van der Waals surface area contributed by atoms with Crippen LogP contribution in [0.5, 0.6) is 5.75 Å². The Kier molecular flexibility index (Phi) is 5.07. The first kappa shape index (κ1) is 16.1. The second-order valence-corrected chi connectivity index (χ2v) is 6.11. The average molecular weight is 325 g/mol. The van der Waals surface area contributed by atoms with Gasteiger partial charge in [-0.2, -0.15) is 0 Å². The highest BCUT2D eigenvalue weighted by Gasteiger charge is 2.15. The zero-order valence-corrected chi connectivity index (χ0v) is 14.0. The number of nitrogens with zero attached hydrogens (tertiary/aromatic N) is 2. The molecule has 2 rings (SSSR count). The Hall–Kier alpha value is -1.32. The van der Waals surface area contributed by atoms with E-state index in [9.17, 15) is 0 Å². The molecule has 2 aromatic rings. The molecule has 0 amide bonds. The Morgan fingerprint density at radius 2 is 1.62 bits per heavy atom. The summed E-state index contributed by atoms with van der Waals surface area (Å²) in [5.74, 6) is 1.45. The quantitative estimate of drug-likeness (QED) is 0.710. The minimum atomic E-state index is 0.108. The predicted molar refractivity (Wildman–Crippen MR) is 87.3 cm³/mol. The maximum Gasteiger partial charge on any atom is 0.162 e. The summed E-state index contributed by atoms with van der Waals surface area (Å²) in [6.45, 7) is 7.98. The maximum atomic E-state index is 6.24. The number of hydrogen-bond donors (Lipinski definition) is 0. The highest BCUT2D eigenvalue weighted by molar-refractivity contribution is 6.34. The predicted octanol–water partition coefficient (Wildman–Crippen LogP) is 5.36. The molecule has 0 aliphatic rings. The van der Waals surface area contributed by atoms with Crippen LogP contribution in [0.2, 0.25) is 10.3 Å². The molecular formula is C16H18Cl2N2O. The van der Waals surface area contributed by atoms with Crippen molar-refractivity contribution in [2.24, 2.45) is 0 Å². The second-order valence-electron chi connectivity index (χ2n) is 5.39. The molecule has 21 heavy (non-hydrogen) atoms. The topological polar surface area (TPSA) is 35.0 Å². The van der Waals surface area contributed by atoms with Crippen molar-refractivity contribution in [2.45, 2.75) is 39.7 Å². The van der Waals surface area contributed by atoms with Gasteiger partial charge >= 0.3 is 0 Å². The van der Waals surface area contributed by atoms with E-state index >= 15 is 0 Å². The van der Waals surface area contributed by atoms with E-state index in [1.54, 1.807) is 0 Å². The van der Waals surface area contributed by atoms with Crippen LogP contribution in [-0.4, -0.2) is 16.1 Å². The standard InChI is InChI=1S/C16H18Cl2N2O/c1-9(2)13-14(17)19-16(20-15(13)18)11-6-5-7-12(8-11)21-10(3)4/h5-10H,1-4H3. The van der Waals surface area contributed by atoms with Crippen LogP contribution in [0.3, 0.4) is 0 Å². The van der Waals surface area contributed by atoms with Gasteiger partial charge in [-0.1, -0.05) is 49.2 Å². The number of rotatable bonds is 4. The molecule has 0 N–H and O–H groups in total. The SMILES string of the molecule is CC(C)Oc1cccc(-c2nc(Cl)c(C(C)C)c(Cl)n2)c1. The maximum absolute atomic E-state index is 6.24. The summed E-state index contributed by atoms with van der Waals surface area (Å²) in [4.78, 5) is 8.72. The van der Waals surface area contributed by atoms with Gasteiger partial charge < -0.3 is 4.74 Å². The number of aromatic nitrogens is 2. The summed E-state index contributed by atoms with van der Waals surface area (Å²) in [6, 6.07) is 7.59. The van der Waals surface area contributed by atoms with Gasteiger partial charge in [0, 0.05) is 11.1 Å². The van der Waals surface area contributed by atoms with E-state index in [1.165, 1.54) is 0 Å². The van der Waals surface area contributed by atoms with Gasteiger partial charge in [0.15, 0.2) is 5.82 Å². The van der Waals surface area contributed by atoms with Gasteiger partial charge in [-0.15, -0.1) is 0 Å². The Labute approximate surface area is 135 Å². The van der Waals surface area contributed by atoms with Gasteiger partial charge in [-0.05, 0) is 31.9 Å². The van der Waals surface area contributed by atoms with Crippen LogP contribution in [-0.2, 0) is 0 Å². The second kappa shape index (κ2) is 6.63. The smallest absolute Gasteiger partial charge is 0.162 e. The number of ether oxygens (including phenoxy) is 1. The van der Waals surface area contributed by atoms with Gasteiger partial charge in [-0.3, -0.25) is 0 Å². The van der Waals surface area contributed by atoms with Gasteiger partial charge in [0.1, 0.15) is 16.1 Å². The van der Waals surface area contributed by atoms with Crippen LogP contribution in [0, 0.1) is 0 Å². The lowest BCUT2D eigenvalue weighted by Gasteiger charge is -2.13. The van der Waals surface area contributed by atoms with Gasteiger partial charge in [-0.25, -0.2) is 9.97 Å². The van der Waals surface area contributed by atoms with Crippen molar-refractivity contribution in [1.82, 2.24) is 9.97 Å². The zero-order chi connectivity index (χ0) is 15.6. The summed E-state index contributed by atoms with van der Waals surface area (Å²) >= 11 is 12.5. The molecule has 0 radical (unpaired) electrons. The lowest BCUT2D eigenvalue weighted by molar-refractivity contribution is 0.242. The number of halogens is 2. The first-order chi connectivity index (χ1) is 9.88. The largest absolute Gasteiger partial charge is 0.491 e. The molecule has 1 aromatic heterocycles. The number of benzene rings is 1. The van der Waals surface area contributed by atoms with Gasteiger partial charge in [0.25, 0.3) is 0 Å². The molecule has 0 fully saturated rings.